The molecule has 0 aliphatic carbocycles. The van der Waals surface area contributed by atoms with Gasteiger partial charge in [-0.05, 0) is 32.4 Å². The number of nitrogens with one attached hydrogen (secondary N) is 1. The summed E-state index contributed by atoms with van der Waals surface area (Å²) in [6.45, 7) is 6.31. The molecule has 0 amide bonds. The fourth-order valence-corrected chi connectivity index (χ4v) is 1.88. The predicted octanol–water partition coefficient (Wildman–Crippen LogP) is 1.97. The van der Waals surface area contributed by atoms with E-state index in [0.29, 0.717) is 6.04 Å². The molecule has 1 aromatic carbocycles. The van der Waals surface area contributed by atoms with Gasteiger partial charge in [-0.1, -0.05) is 30.3 Å². The lowest BCUT2D eigenvalue weighted by Crippen LogP contribution is -2.48. The lowest BCUT2D eigenvalue weighted by Gasteiger charge is -2.35. The number of rotatable bonds is 4. The fourth-order valence-electron chi connectivity index (χ4n) is 1.88. The van der Waals surface area contributed by atoms with Crippen LogP contribution in [-0.4, -0.2) is 31.6 Å². The van der Waals surface area contributed by atoms with Gasteiger partial charge in [0.2, 0.25) is 0 Å². The smallest absolute Gasteiger partial charge is 0.162 e. The van der Waals surface area contributed by atoms with Crippen molar-refractivity contribution in [3.8, 4) is 0 Å². The molecule has 1 aliphatic rings. The van der Waals surface area contributed by atoms with E-state index < -0.39 is 5.79 Å². The zero-order chi connectivity index (χ0) is 12.1. The van der Waals surface area contributed by atoms with Crippen LogP contribution in [0.1, 0.15) is 19.4 Å². The molecule has 0 unspecified atom stereocenters. The van der Waals surface area contributed by atoms with E-state index >= 15 is 0 Å². The SMILES string of the molecule is CC1(C)OCC(NCCc2ccccc2)CO1. The number of benzene rings is 1. The van der Waals surface area contributed by atoms with Gasteiger partial charge >= 0.3 is 0 Å². The fraction of sp³-hybridized carbons (Fsp3) is 0.571. The number of hydrogen-bond acceptors (Lipinski definition) is 3. The zero-order valence-electron chi connectivity index (χ0n) is 10.6. The molecule has 3 nitrogen and oxygen atoms in total. The molecule has 2 rings (SSSR count). The van der Waals surface area contributed by atoms with Crippen molar-refractivity contribution in [1.29, 1.82) is 0 Å². The van der Waals surface area contributed by atoms with Gasteiger partial charge in [0.05, 0.1) is 19.3 Å². The molecule has 1 fully saturated rings. The Balaban J connectivity index is 1.67. The third-order valence-electron chi connectivity index (χ3n) is 2.95. The molecule has 0 saturated carbocycles. The summed E-state index contributed by atoms with van der Waals surface area (Å²) in [6, 6.07) is 10.8. The second-order valence-corrected chi connectivity index (χ2v) is 4.91. The average molecular weight is 235 g/mol. The van der Waals surface area contributed by atoms with Crippen LogP contribution in [0.25, 0.3) is 0 Å². The third kappa shape index (κ3) is 4.11. The zero-order valence-corrected chi connectivity index (χ0v) is 10.6. The van der Waals surface area contributed by atoms with Crippen molar-refractivity contribution in [3.05, 3.63) is 35.9 Å². The molecule has 1 aromatic rings. The second kappa shape index (κ2) is 5.63. The Bertz CT molecular complexity index is 327. The summed E-state index contributed by atoms with van der Waals surface area (Å²) in [5.74, 6) is -0.419. The number of hydrogen-bond donors (Lipinski definition) is 1. The van der Waals surface area contributed by atoms with Crippen LogP contribution in [0.4, 0.5) is 0 Å². The Labute approximate surface area is 103 Å². The van der Waals surface area contributed by atoms with E-state index in [4.69, 9.17) is 9.47 Å². The summed E-state index contributed by atoms with van der Waals surface area (Å²) in [6.07, 6.45) is 1.04. The third-order valence-corrected chi connectivity index (χ3v) is 2.95. The first kappa shape index (κ1) is 12.6. The lowest BCUT2D eigenvalue weighted by molar-refractivity contribution is -0.252. The van der Waals surface area contributed by atoms with Gasteiger partial charge in [0.1, 0.15) is 0 Å². The molecule has 0 radical (unpaired) electrons. The van der Waals surface area contributed by atoms with Crippen molar-refractivity contribution in [2.45, 2.75) is 32.1 Å². The van der Waals surface area contributed by atoms with E-state index in [-0.39, 0.29) is 0 Å². The molecule has 0 aromatic heterocycles. The van der Waals surface area contributed by atoms with Gasteiger partial charge in [-0.2, -0.15) is 0 Å². The Kier molecular flexibility index (Phi) is 4.15. The van der Waals surface area contributed by atoms with Crippen molar-refractivity contribution in [1.82, 2.24) is 5.32 Å². The maximum atomic E-state index is 5.60. The molecule has 0 atom stereocenters. The summed E-state index contributed by atoms with van der Waals surface area (Å²) in [5, 5.41) is 3.46. The van der Waals surface area contributed by atoms with E-state index in [1.165, 1.54) is 5.56 Å². The minimum atomic E-state index is -0.419. The highest BCUT2D eigenvalue weighted by Gasteiger charge is 2.27. The molecular weight excluding hydrogens is 214 g/mol. The summed E-state index contributed by atoms with van der Waals surface area (Å²) in [5.41, 5.74) is 1.36. The Morgan fingerprint density at radius 3 is 2.47 bits per heavy atom. The molecule has 17 heavy (non-hydrogen) atoms. The van der Waals surface area contributed by atoms with Crippen LogP contribution in [0.3, 0.4) is 0 Å². The first-order valence-electron chi connectivity index (χ1n) is 6.21. The first-order valence-corrected chi connectivity index (χ1v) is 6.21. The van der Waals surface area contributed by atoms with Gasteiger partial charge < -0.3 is 14.8 Å². The van der Waals surface area contributed by atoms with Crippen molar-refractivity contribution in [3.63, 3.8) is 0 Å². The van der Waals surface area contributed by atoms with Crippen molar-refractivity contribution < 1.29 is 9.47 Å². The summed E-state index contributed by atoms with van der Waals surface area (Å²) >= 11 is 0. The van der Waals surface area contributed by atoms with Crippen LogP contribution in [0.5, 0.6) is 0 Å². The highest BCUT2D eigenvalue weighted by molar-refractivity contribution is 5.14. The molecule has 3 heteroatoms. The summed E-state index contributed by atoms with van der Waals surface area (Å²) in [4.78, 5) is 0. The van der Waals surface area contributed by atoms with Gasteiger partial charge in [-0.25, -0.2) is 0 Å². The second-order valence-electron chi connectivity index (χ2n) is 4.91. The van der Waals surface area contributed by atoms with Crippen LogP contribution in [-0.2, 0) is 15.9 Å². The Hall–Kier alpha value is -0.900. The number of ether oxygens (including phenoxy) is 2. The Morgan fingerprint density at radius 2 is 1.82 bits per heavy atom. The van der Waals surface area contributed by atoms with Crippen LogP contribution >= 0.6 is 0 Å². The molecule has 0 bridgehead atoms. The van der Waals surface area contributed by atoms with Gasteiger partial charge in [0.25, 0.3) is 0 Å². The van der Waals surface area contributed by atoms with Crippen LogP contribution in [0, 0.1) is 0 Å². The van der Waals surface area contributed by atoms with Crippen LogP contribution < -0.4 is 5.32 Å². The average Bonchev–Trinajstić information content (AvgIpc) is 2.33. The largest absolute Gasteiger partial charge is 0.349 e. The topological polar surface area (TPSA) is 30.5 Å². The highest BCUT2D eigenvalue weighted by Crippen LogP contribution is 2.16. The van der Waals surface area contributed by atoms with Crippen LogP contribution in [0.2, 0.25) is 0 Å². The minimum Gasteiger partial charge on any atom is -0.349 e. The summed E-state index contributed by atoms with van der Waals surface area (Å²) < 4.78 is 11.2. The van der Waals surface area contributed by atoms with Gasteiger partial charge in [-0.15, -0.1) is 0 Å². The molecule has 1 aliphatic heterocycles. The van der Waals surface area contributed by atoms with E-state index in [1.807, 2.05) is 19.9 Å². The monoisotopic (exact) mass is 235 g/mol. The van der Waals surface area contributed by atoms with Gasteiger partial charge in [0, 0.05) is 0 Å². The van der Waals surface area contributed by atoms with Gasteiger partial charge in [-0.3, -0.25) is 0 Å². The molecule has 1 saturated heterocycles. The van der Waals surface area contributed by atoms with Crippen molar-refractivity contribution in [2.75, 3.05) is 19.8 Å². The predicted molar refractivity (Wildman–Crippen MR) is 67.9 cm³/mol. The minimum absolute atomic E-state index is 0.312. The lowest BCUT2D eigenvalue weighted by atomic mass is 10.1. The normalized spacial score (nSPS) is 20.4. The van der Waals surface area contributed by atoms with Crippen molar-refractivity contribution in [2.24, 2.45) is 0 Å². The quantitative estimate of drug-likeness (QED) is 0.865. The summed E-state index contributed by atoms with van der Waals surface area (Å²) in [7, 11) is 0. The van der Waals surface area contributed by atoms with E-state index in [9.17, 15) is 0 Å². The molecule has 1 heterocycles. The first-order chi connectivity index (χ1) is 8.16. The van der Waals surface area contributed by atoms with E-state index in [0.717, 1.165) is 26.2 Å². The maximum Gasteiger partial charge on any atom is 0.162 e. The molecule has 0 spiro atoms. The molecule has 94 valence electrons. The van der Waals surface area contributed by atoms with E-state index in [1.54, 1.807) is 0 Å². The standard InChI is InChI=1S/C14H21NO2/c1-14(2)16-10-13(11-17-14)15-9-8-12-6-4-3-5-7-12/h3-7,13,15H,8-11H2,1-2H3. The van der Waals surface area contributed by atoms with Crippen LogP contribution in [0.15, 0.2) is 30.3 Å². The molecule has 1 N–H and O–H groups in total. The molecular formula is C14H21NO2. The Morgan fingerprint density at radius 1 is 1.18 bits per heavy atom. The maximum absolute atomic E-state index is 5.60. The highest BCUT2D eigenvalue weighted by atomic mass is 16.7. The van der Waals surface area contributed by atoms with E-state index in [2.05, 4.69) is 29.6 Å². The van der Waals surface area contributed by atoms with Crippen molar-refractivity contribution >= 4 is 0 Å². The van der Waals surface area contributed by atoms with Gasteiger partial charge in [0.15, 0.2) is 5.79 Å².